The Balaban J connectivity index is 2.54. The predicted molar refractivity (Wildman–Crippen MR) is 66.4 cm³/mol. The van der Waals surface area contributed by atoms with E-state index in [-0.39, 0.29) is 0 Å². The summed E-state index contributed by atoms with van der Waals surface area (Å²) in [6.07, 6.45) is 0. The van der Waals surface area contributed by atoms with Gasteiger partial charge in [0.2, 0.25) is 0 Å². The van der Waals surface area contributed by atoms with E-state index < -0.39 is 5.60 Å². The molecule has 0 saturated heterocycles. The number of thiophene rings is 1. The maximum absolute atomic E-state index is 10.6. The molecule has 0 amide bonds. The molecule has 2 aromatic rings. The van der Waals surface area contributed by atoms with Crippen molar-refractivity contribution in [3.63, 3.8) is 0 Å². The SMILES string of the molecule is Cc1ccc(C(C)(O)c2c(Br)nnn2C)s1. The Bertz CT molecular complexity index is 498. The summed E-state index contributed by atoms with van der Waals surface area (Å²) in [5.74, 6) is 0. The highest BCUT2D eigenvalue weighted by atomic mass is 79.9. The van der Waals surface area contributed by atoms with Crippen molar-refractivity contribution in [2.45, 2.75) is 19.4 Å². The summed E-state index contributed by atoms with van der Waals surface area (Å²) in [7, 11) is 1.77. The van der Waals surface area contributed by atoms with Crippen LogP contribution in [0.15, 0.2) is 16.7 Å². The summed E-state index contributed by atoms with van der Waals surface area (Å²) in [5.41, 5.74) is -0.412. The van der Waals surface area contributed by atoms with E-state index >= 15 is 0 Å². The monoisotopic (exact) mass is 301 g/mol. The predicted octanol–water partition coefficient (Wildman–Crippen LogP) is 2.20. The van der Waals surface area contributed by atoms with Crippen molar-refractivity contribution in [2.75, 3.05) is 0 Å². The van der Waals surface area contributed by atoms with Gasteiger partial charge in [-0.05, 0) is 41.9 Å². The summed E-state index contributed by atoms with van der Waals surface area (Å²) < 4.78 is 2.16. The third-order valence-electron chi connectivity index (χ3n) is 2.47. The van der Waals surface area contributed by atoms with Crippen molar-refractivity contribution in [1.82, 2.24) is 15.0 Å². The van der Waals surface area contributed by atoms with Gasteiger partial charge in [0.25, 0.3) is 0 Å². The normalized spacial score (nSPS) is 15.1. The topological polar surface area (TPSA) is 50.9 Å². The van der Waals surface area contributed by atoms with E-state index in [1.54, 1.807) is 30.0 Å². The molecule has 0 aromatic carbocycles. The van der Waals surface area contributed by atoms with Crippen LogP contribution in [-0.2, 0) is 12.6 Å². The molecule has 0 aliphatic carbocycles. The van der Waals surface area contributed by atoms with Crippen molar-refractivity contribution in [3.05, 3.63) is 32.2 Å². The first-order valence-electron chi connectivity index (χ1n) is 4.78. The van der Waals surface area contributed by atoms with E-state index in [4.69, 9.17) is 0 Å². The quantitative estimate of drug-likeness (QED) is 0.925. The summed E-state index contributed by atoms with van der Waals surface area (Å²) in [6, 6.07) is 3.92. The molecular weight excluding hydrogens is 290 g/mol. The Labute approximate surface area is 106 Å². The van der Waals surface area contributed by atoms with Crippen LogP contribution in [0.5, 0.6) is 0 Å². The molecule has 2 aromatic heterocycles. The minimum Gasteiger partial charge on any atom is -0.378 e. The summed E-state index contributed by atoms with van der Waals surface area (Å²) in [4.78, 5) is 2.05. The van der Waals surface area contributed by atoms with Crippen LogP contribution in [-0.4, -0.2) is 20.1 Å². The first-order valence-corrected chi connectivity index (χ1v) is 6.39. The van der Waals surface area contributed by atoms with Gasteiger partial charge in [0.1, 0.15) is 11.3 Å². The van der Waals surface area contributed by atoms with Crippen LogP contribution in [0, 0.1) is 6.92 Å². The lowest BCUT2D eigenvalue weighted by Gasteiger charge is -2.21. The van der Waals surface area contributed by atoms with Crippen molar-refractivity contribution in [3.8, 4) is 0 Å². The fourth-order valence-electron chi connectivity index (χ4n) is 1.66. The molecule has 1 atom stereocenters. The van der Waals surface area contributed by atoms with Gasteiger partial charge in [0.15, 0.2) is 4.60 Å². The van der Waals surface area contributed by atoms with Crippen molar-refractivity contribution < 1.29 is 5.11 Å². The number of hydrogen-bond donors (Lipinski definition) is 1. The maximum atomic E-state index is 10.6. The van der Waals surface area contributed by atoms with Crippen LogP contribution in [0.2, 0.25) is 0 Å². The van der Waals surface area contributed by atoms with E-state index in [9.17, 15) is 5.11 Å². The molecule has 2 heterocycles. The second-order valence-electron chi connectivity index (χ2n) is 3.83. The van der Waals surface area contributed by atoms with Crippen molar-refractivity contribution >= 4 is 27.3 Å². The molecule has 0 aliphatic rings. The lowest BCUT2D eigenvalue weighted by molar-refractivity contribution is 0.0960. The average molecular weight is 302 g/mol. The largest absolute Gasteiger partial charge is 0.378 e. The Morgan fingerprint density at radius 1 is 1.50 bits per heavy atom. The number of hydrogen-bond acceptors (Lipinski definition) is 4. The van der Waals surface area contributed by atoms with E-state index in [1.165, 1.54) is 4.88 Å². The lowest BCUT2D eigenvalue weighted by atomic mass is 10.0. The second-order valence-corrected chi connectivity index (χ2v) is 5.87. The molecule has 6 heteroatoms. The highest BCUT2D eigenvalue weighted by Gasteiger charge is 2.33. The maximum Gasteiger partial charge on any atom is 0.154 e. The molecule has 1 unspecified atom stereocenters. The van der Waals surface area contributed by atoms with Crippen LogP contribution in [0.25, 0.3) is 0 Å². The van der Waals surface area contributed by atoms with Gasteiger partial charge in [-0.3, -0.25) is 0 Å². The first kappa shape index (κ1) is 11.8. The van der Waals surface area contributed by atoms with Gasteiger partial charge in [-0.1, -0.05) is 5.21 Å². The van der Waals surface area contributed by atoms with Crippen LogP contribution < -0.4 is 0 Å². The van der Waals surface area contributed by atoms with Crippen LogP contribution in [0.1, 0.15) is 22.4 Å². The minimum absolute atomic E-state index is 0.575. The fourth-order valence-corrected chi connectivity index (χ4v) is 3.29. The Morgan fingerprint density at radius 2 is 2.19 bits per heavy atom. The molecule has 4 nitrogen and oxygen atoms in total. The Morgan fingerprint density at radius 3 is 2.62 bits per heavy atom. The zero-order chi connectivity index (χ0) is 11.9. The molecule has 2 rings (SSSR count). The average Bonchev–Trinajstić information content (AvgIpc) is 2.74. The number of aromatic nitrogens is 3. The fraction of sp³-hybridized carbons (Fsp3) is 0.400. The summed E-state index contributed by atoms with van der Waals surface area (Å²) in [5, 5.41) is 18.4. The van der Waals surface area contributed by atoms with Gasteiger partial charge in [0, 0.05) is 16.8 Å². The zero-order valence-corrected chi connectivity index (χ0v) is 11.6. The number of aryl methyl sites for hydroxylation is 2. The molecule has 86 valence electrons. The molecule has 0 saturated carbocycles. The smallest absolute Gasteiger partial charge is 0.154 e. The standard InChI is InChI=1S/C10H12BrN3OS/c1-6-4-5-7(16-6)10(2,15)8-9(11)12-13-14(8)3/h4-5,15H,1-3H3. The minimum atomic E-state index is -1.07. The third-order valence-corrected chi connectivity index (χ3v) is 4.21. The van der Waals surface area contributed by atoms with E-state index in [0.717, 1.165) is 4.88 Å². The molecule has 0 fully saturated rings. The van der Waals surface area contributed by atoms with Gasteiger partial charge >= 0.3 is 0 Å². The van der Waals surface area contributed by atoms with Crippen LogP contribution in [0.3, 0.4) is 0 Å². The van der Waals surface area contributed by atoms with Gasteiger partial charge in [-0.2, -0.15) is 0 Å². The highest BCUT2D eigenvalue weighted by Crippen LogP contribution is 2.36. The summed E-state index contributed by atoms with van der Waals surface area (Å²) >= 11 is 4.88. The van der Waals surface area contributed by atoms with Gasteiger partial charge in [-0.15, -0.1) is 16.4 Å². The van der Waals surface area contributed by atoms with Crippen molar-refractivity contribution in [2.24, 2.45) is 7.05 Å². The summed E-state index contributed by atoms with van der Waals surface area (Å²) in [6.45, 7) is 3.77. The number of nitrogens with zero attached hydrogens (tertiary/aromatic N) is 3. The first-order chi connectivity index (χ1) is 7.43. The second kappa shape index (κ2) is 3.94. The molecule has 0 spiro atoms. The van der Waals surface area contributed by atoms with Crippen LogP contribution >= 0.6 is 27.3 Å². The molecule has 0 radical (unpaired) electrons. The van der Waals surface area contributed by atoms with Gasteiger partial charge < -0.3 is 5.11 Å². The number of rotatable bonds is 2. The number of halogens is 1. The van der Waals surface area contributed by atoms with Gasteiger partial charge in [0.05, 0.1) is 0 Å². The number of aliphatic hydroxyl groups is 1. The molecule has 0 aliphatic heterocycles. The Kier molecular flexibility index (Phi) is 2.90. The molecule has 16 heavy (non-hydrogen) atoms. The van der Waals surface area contributed by atoms with E-state index in [1.807, 2.05) is 19.1 Å². The van der Waals surface area contributed by atoms with E-state index in [2.05, 4.69) is 26.2 Å². The molecule has 0 bridgehead atoms. The van der Waals surface area contributed by atoms with E-state index in [0.29, 0.717) is 10.3 Å². The molecular formula is C10H12BrN3OS. The molecule has 1 N–H and O–H groups in total. The zero-order valence-electron chi connectivity index (χ0n) is 9.23. The lowest BCUT2D eigenvalue weighted by Crippen LogP contribution is -2.25. The van der Waals surface area contributed by atoms with Gasteiger partial charge in [-0.25, -0.2) is 4.68 Å². The van der Waals surface area contributed by atoms with Crippen molar-refractivity contribution in [1.29, 1.82) is 0 Å². The highest BCUT2D eigenvalue weighted by molar-refractivity contribution is 9.10. The Hall–Kier alpha value is -0.720. The third kappa shape index (κ3) is 1.81. The van der Waals surface area contributed by atoms with Crippen LogP contribution in [0.4, 0.5) is 0 Å².